The molecule has 3 rings (SSSR count). The van der Waals surface area contributed by atoms with Gasteiger partial charge in [0.05, 0.1) is 22.2 Å². The second kappa shape index (κ2) is 7.93. The molecule has 2 aromatic rings. The predicted molar refractivity (Wildman–Crippen MR) is 108 cm³/mol. The van der Waals surface area contributed by atoms with E-state index in [-0.39, 0.29) is 35.6 Å². The molecular weight excluding hydrogens is 409 g/mol. The van der Waals surface area contributed by atoms with Crippen LogP contribution in [0.4, 0.5) is 5.69 Å². The number of hydrogen-bond acceptors (Lipinski definition) is 3. The Labute approximate surface area is 172 Å². The van der Waals surface area contributed by atoms with Crippen molar-refractivity contribution in [3.8, 4) is 5.75 Å². The zero-order valence-electron chi connectivity index (χ0n) is 14.7. The molecule has 1 aliphatic heterocycles. The SMILES string of the molecule is CC(C)=C1CC(=O)N(c2cc(OCc3ccc(Cl)cc3)c(Cl)cc2Cl)C1=O. The van der Waals surface area contributed by atoms with Crippen LogP contribution in [0.15, 0.2) is 47.5 Å². The summed E-state index contributed by atoms with van der Waals surface area (Å²) in [6, 6.07) is 10.2. The summed E-state index contributed by atoms with van der Waals surface area (Å²) in [6.07, 6.45) is 0.0566. The van der Waals surface area contributed by atoms with Crippen LogP contribution in [0.3, 0.4) is 0 Å². The predicted octanol–water partition coefficient (Wildman–Crippen LogP) is 5.83. The van der Waals surface area contributed by atoms with Crippen molar-refractivity contribution in [2.45, 2.75) is 26.9 Å². The van der Waals surface area contributed by atoms with Crippen molar-refractivity contribution in [2.24, 2.45) is 0 Å². The molecule has 140 valence electrons. The van der Waals surface area contributed by atoms with E-state index in [2.05, 4.69) is 0 Å². The quantitative estimate of drug-likeness (QED) is 0.458. The van der Waals surface area contributed by atoms with E-state index in [0.29, 0.717) is 21.4 Å². The maximum Gasteiger partial charge on any atom is 0.261 e. The third kappa shape index (κ3) is 4.13. The number of halogens is 3. The summed E-state index contributed by atoms with van der Waals surface area (Å²) in [6.45, 7) is 3.85. The Hall–Kier alpha value is -2.01. The molecule has 27 heavy (non-hydrogen) atoms. The molecule has 0 atom stereocenters. The first-order chi connectivity index (χ1) is 12.8. The number of anilines is 1. The number of nitrogens with zero attached hydrogens (tertiary/aromatic N) is 1. The van der Waals surface area contributed by atoms with Crippen LogP contribution in [-0.4, -0.2) is 11.8 Å². The Morgan fingerprint density at radius 1 is 1.04 bits per heavy atom. The van der Waals surface area contributed by atoms with Gasteiger partial charge in [-0.25, -0.2) is 4.90 Å². The molecule has 0 radical (unpaired) electrons. The highest BCUT2D eigenvalue weighted by Gasteiger charge is 2.37. The second-order valence-electron chi connectivity index (χ2n) is 6.34. The topological polar surface area (TPSA) is 46.6 Å². The summed E-state index contributed by atoms with van der Waals surface area (Å²) in [5.74, 6) is -0.366. The summed E-state index contributed by atoms with van der Waals surface area (Å²) < 4.78 is 5.77. The van der Waals surface area contributed by atoms with E-state index in [4.69, 9.17) is 39.5 Å². The Morgan fingerprint density at radius 2 is 1.70 bits per heavy atom. The van der Waals surface area contributed by atoms with E-state index in [0.717, 1.165) is 16.0 Å². The standard InChI is InChI=1S/C20H16Cl3NO3/c1-11(2)14-7-19(25)24(20(14)26)17-9-18(16(23)8-15(17)22)27-10-12-3-5-13(21)6-4-12/h3-6,8-9H,7,10H2,1-2H3. The minimum atomic E-state index is -0.368. The monoisotopic (exact) mass is 423 g/mol. The number of benzene rings is 2. The Kier molecular flexibility index (Phi) is 5.80. The molecule has 1 saturated heterocycles. The van der Waals surface area contributed by atoms with Crippen LogP contribution in [0.1, 0.15) is 25.8 Å². The zero-order chi connectivity index (χ0) is 19.7. The highest BCUT2D eigenvalue weighted by molar-refractivity contribution is 6.39. The summed E-state index contributed by atoms with van der Waals surface area (Å²) in [5, 5.41) is 1.13. The number of imide groups is 1. The van der Waals surface area contributed by atoms with Crippen molar-refractivity contribution >= 4 is 52.3 Å². The van der Waals surface area contributed by atoms with Crippen LogP contribution in [0.5, 0.6) is 5.75 Å². The highest BCUT2D eigenvalue weighted by Crippen LogP contribution is 2.39. The smallest absolute Gasteiger partial charge is 0.261 e. The Bertz CT molecular complexity index is 948. The number of carbonyl (C=O) groups is 2. The molecule has 1 aliphatic rings. The Morgan fingerprint density at radius 3 is 2.30 bits per heavy atom. The zero-order valence-corrected chi connectivity index (χ0v) is 17.0. The van der Waals surface area contributed by atoms with Gasteiger partial charge >= 0.3 is 0 Å². The Balaban J connectivity index is 1.90. The van der Waals surface area contributed by atoms with Gasteiger partial charge in [-0.05, 0) is 37.6 Å². The second-order valence-corrected chi connectivity index (χ2v) is 7.59. The lowest BCUT2D eigenvalue weighted by Gasteiger charge is -2.18. The van der Waals surface area contributed by atoms with Gasteiger partial charge in [-0.3, -0.25) is 9.59 Å². The first-order valence-corrected chi connectivity index (χ1v) is 9.31. The van der Waals surface area contributed by atoms with E-state index < -0.39 is 0 Å². The van der Waals surface area contributed by atoms with Crippen molar-refractivity contribution in [1.29, 1.82) is 0 Å². The third-order valence-electron chi connectivity index (χ3n) is 4.19. The van der Waals surface area contributed by atoms with Crippen molar-refractivity contribution < 1.29 is 14.3 Å². The third-order valence-corrected chi connectivity index (χ3v) is 5.04. The number of allylic oxidation sites excluding steroid dienone is 1. The molecule has 0 bridgehead atoms. The maximum absolute atomic E-state index is 12.6. The molecule has 1 fully saturated rings. The molecule has 0 aliphatic carbocycles. The fourth-order valence-electron chi connectivity index (χ4n) is 2.73. The number of ether oxygens (including phenoxy) is 1. The van der Waals surface area contributed by atoms with E-state index in [1.54, 1.807) is 26.0 Å². The highest BCUT2D eigenvalue weighted by atomic mass is 35.5. The van der Waals surface area contributed by atoms with Gasteiger partial charge in [0.1, 0.15) is 12.4 Å². The average molecular weight is 425 g/mol. The lowest BCUT2D eigenvalue weighted by Crippen LogP contribution is -2.29. The molecule has 2 aromatic carbocycles. The van der Waals surface area contributed by atoms with Gasteiger partial charge in [-0.2, -0.15) is 0 Å². The maximum atomic E-state index is 12.6. The van der Waals surface area contributed by atoms with Crippen molar-refractivity contribution in [3.63, 3.8) is 0 Å². The van der Waals surface area contributed by atoms with Gasteiger partial charge in [0, 0.05) is 16.7 Å². The molecule has 0 spiro atoms. The normalized spacial score (nSPS) is 14.1. The molecule has 0 unspecified atom stereocenters. The van der Waals surface area contributed by atoms with Crippen molar-refractivity contribution in [2.75, 3.05) is 4.90 Å². The fraction of sp³-hybridized carbons (Fsp3) is 0.200. The van der Waals surface area contributed by atoms with Crippen LogP contribution in [-0.2, 0) is 16.2 Å². The molecular formula is C20H16Cl3NO3. The van der Waals surface area contributed by atoms with Crippen LogP contribution in [0, 0.1) is 0 Å². The number of rotatable bonds is 4. The number of carbonyl (C=O) groups excluding carboxylic acids is 2. The summed E-state index contributed by atoms with van der Waals surface area (Å²) >= 11 is 18.4. The lowest BCUT2D eigenvalue weighted by atomic mass is 10.1. The molecule has 2 amide bonds. The van der Waals surface area contributed by atoms with E-state index in [1.165, 1.54) is 12.1 Å². The summed E-state index contributed by atoms with van der Waals surface area (Å²) in [4.78, 5) is 26.1. The van der Waals surface area contributed by atoms with Gasteiger partial charge in [0.25, 0.3) is 5.91 Å². The molecule has 0 saturated carbocycles. The van der Waals surface area contributed by atoms with E-state index >= 15 is 0 Å². The van der Waals surface area contributed by atoms with Crippen molar-refractivity contribution in [1.82, 2.24) is 0 Å². The van der Waals surface area contributed by atoms with Gasteiger partial charge < -0.3 is 4.74 Å². The summed E-state index contributed by atoms with van der Waals surface area (Å²) in [5.41, 5.74) is 2.44. The summed E-state index contributed by atoms with van der Waals surface area (Å²) in [7, 11) is 0. The first-order valence-electron chi connectivity index (χ1n) is 8.18. The van der Waals surface area contributed by atoms with Crippen LogP contribution < -0.4 is 9.64 Å². The molecule has 1 heterocycles. The van der Waals surface area contributed by atoms with E-state index in [1.807, 2.05) is 12.1 Å². The molecule has 0 aromatic heterocycles. The minimum absolute atomic E-state index is 0.0566. The first kappa shape index (κ1) is 19.7. The number of amides is 2. The molecule has 0 N–H and O–H groups in total. The van der Waals surface area contributed by atoms with Crippen LogP contribution in [0.25, 0.3) is 0 Å². The van der Waals surface area contributed by atoms with Gasteiger partial charge in [-0.1, -0.05) is 52.5 Å². The molecule has 7 heteroatoms. The fourth-order valence-corrected chi connectivity index (χ4v) is 3.38. The van der Waals surface area contributed by atoms with Crippen LogP contribution >= 0.6 is 34.8 Å². The van der Waals surface area contributed by atoms with Gasteiger partial charge in [-0.15, -0.1) is 0 Å². The molecule has 4 nitrogen and oxygen atoms in total. The average Bonchev–Trinajstić information content (AvgIpc) is 2.91. The largest absolute Gasteiger partial charge is 0.487 e. The van der Waals surface area contributed by atoms with E-state index in [9.17, 15) is 9.59 Å². The lowest BCUT2D eigenvalue weighted by molar-refractivity contribution is -0.120. The van der Waals surface area contributed by atoms with Gasteiger partial charge in [0.2, 0.25) is 5.91 Å². The van der Waals surface area contributed by atoms with Gasteiger partial charge in [0.15, 0.2) is 0 Å². The van der Waals surface area contributed by atoms with Crippen LogP contribution in [0.2, 0.25) is 15.1 Å². The van der Waals surface area contributed by atoms with Crippen molar-refractivity contribution in [3.05, 3.63) is 68.2 Å². The number of hydrogen-bond donors (Lipinski definition) is 0. The minimum Gasteiger partial charge on any atom is -0.487 e.